The number of aliphatic hydroxyl groups excluding tert-OH is 2. The molecular weight excluding hydrogens is 257 g/mol. The van der Waals surface area contributed by atoms with Crippen LogP contribution in [-0.2, 0) is 9.47 Å². The number of aryl methyl sites for hydroxylation is 1. The van der Waals surface area contributed by atoms with Gasteiger partial charge in [0, 0.05) is 18.2 Å². The standard InChI is InChI=1S/C12H16FNO5/c1-5-3-6(11(13)14-12(5)17)9-10(18-2)8(16)7(4-15)19-9/h3,7-10,15-16H,4H2,1-2H3,(H,14,17)/t7-,8?,9+,10+/m1/s1. The molecule has 3 N–H and O–H groups in total. The van der Waals surface area contributed by atoms with E-state index in [0.29, 0.717) is 5.56 Å². The van der Waals surface area contributed by atoms with Crippen LogP contribution in [0.5, 0.6) is 0 Å². The molecule has 1 aliphatic rings. The minimum absolute atomic E-state index is 0.0963. The Kier molecular flexibility index (Phi) is 4.00. The summed E-state index contributed by atoms with van der Waals surface area (Å²) >= 11 is 0. The summed E-state index contributed by atoms with van der Waals surface area (Å²) in [5.74, 6) is -0.826. The van der Waals surface area contributed by atoms with E-state index in [1.165, 1.54) is 13.2 Å². The third-order valence-electron chi connectivity index (χ3n) is 3.30. The third-order valence-corrected chi connectivity index (χ3v) is 3.30. The van der Waals surface area contributed by atoms with Gasteiger partial charge >= 0.3 is 0 Å². The van der Waals surface area contributed by atoms with E-state index in [-0.39, 0.29) is 5.56 Å². The summed E-state index contributed by atoms with van der Waals surface area (Å²) in [5.41, 5.74) is -0.0942. The quantitative estimate of drug-likeness (QED) is 0.654. The Morgan fingerprint density at radius 3 is 2.84 bits per heavy atom. The number of ether oxygens (including phenoxy) is 2. The SMILES string of the molecule is CO[C@H]1C(O)[C@@H](CO)O[C@H]1c1cc(C)c(=O)[nH]c1F. The number of aromatic amines is 1. The smallest absolute Gasteiger partial charge is 0.253 e. The van der Waals surface area contributed by atoms with Crippen LogP contribution in [0.1, 0.15) is 17.2 Å². The number of hydrogen-bond acceptors (Lipinski definition) is 5. The van der Waals surface area contributed by atoms with E-state index in [2.05, 4.69) is 4.98 Å². The van der Waals surface area contributed by atoms with Gasteiger partial charge < -0.3 is 19.7 Å². The molecule has 4 atom stereocenters. The topological polar surface area (TPSA) is 91.8 Å². The molecule has 0 aromatic carbocycles. The van der Waals surface area contributed by atoms with Gasteiger partial charge in [-0.25, -0.2) is 0 Å². The van der Waals surface area contributed by atoms with Gasteiger partial charge in [-0.2, -0.15) is 4.39 Å². The highest BCUT2D eigenvalue weighted by Gasteiger charge is 2.45. The lowest BCUT2D eigenvalue weighted by Crippen LogP contribution is -2.34. The number of aliphatic hydroxyl groups is 2. The molecule has 6 nitrogen and oxygen atoms in total. The maximum atomic E-state index is 13.8. The molecule has 1 aliphatic heterocycles. The molecule has 2 heterocycles. The van der Waals surface area contributed by atoms with E-state index in [0.717, 1.165) is 0 Å². The van der Waals surface area contributed by atoms with Gasteiger partial charge in [0.15, 0.2) is 5.95 Å². The molecule has 7 heteroatoms. The molecule has 1 saturated heterocycles. The minimum Gasteiger partial charge on any atom is -0.394 e. The van der Waals surface area contributed by atoms with Crippen molar-refractivity contribution in [2.45, 2.75) is 31.3 Å². The van der Waals surface area contributed by atoms with Crippen LogP contribution >= 0.6 is 0 Å². The third kappa shape index (κ3) is 2.42. The van der Waals surface area contributed by atoms with E-state index in [4.69, 9.17) is 14.6 Å². The Bertz CT molecular complexity index is 517. The highest BCUT2D eigenvalue weighted by Crippen LogP contribution is 2.35. The maximum Gasteiger partial charge on any atom is 0.253 e. The van der Waals surface area contributed by atoms with Crippen LogP contribution in [0.3, 0.4) is 0 Å². The van der Waals surface area contributed by atoms with Gasteiger partial charge in [-0.3, -0.25) is 9.78 Å². The van der Waals surface area contributed by atoms with E-state index in [1.54, 1.807) is 6.92 Å². The fourth-order valence-corrected chi connectivity index (χ4v) is 2.24. The van der Waals surface area contributed by atoms with Crippen molar-refractivity contribution < 1.29 is 24.1 Å². The van der Waals surface area contributed by atoms with Crippen LogP contribution in [0.2, 0.25) is 0 Å². The Morgan fingerprint density at radius 1 is 1.58 bits per heavy atom. The monoisotopic (exact) mass is 273 g/mol. The molecule has 0 spiro atoms. The molecule has 1 aromatic rings. The first-order chi connectivity index (χ1) is 8.99. The Morgan fingerprint density at radius 2 is 2.26 bits per heavy atom. The van der Waals surface area contributed by atoms with E-state index >= 15 is 0 Å². The number of rotatable bonds is 3. The first kappa shape index (κ1) is 14.1. The fraction of sp³-hybridized carbons (Fsp3) is 0.583. The van der Waals surface area contributed by atoms with Crippen molar-refractivity contribution in [3.05, 3.63) is 33.5 Å². The van der Waals surface area contributed by atoms with Gasteiger partial charge in [0.2, 0.25) is 0 Å². The lowest BCUT2D eigenvalue weighted by Gasteiger charge is -2.19. The number of hydrogen-bond donors (Lipinski definition) is 3. The van der Waals surface area contributed by atoms with Crippen molar-refractivity contribution in [1.82, 2.24) is 4.98 Å². The second kappa shape index (κ2) is 5.38. The molecule has 0 aliphatic carbocycles. The summed E-state index contributed by atoms with van der Waals surface area (Å²) in [6, 6.07) is 1.36. The Hall–Kier alpha value is -1.28. The maximum absolute atomic E-state index is 13.8. The molecule has 106 valence electrons. The number of halogens is 1. The molecule has 1 aromatic heterocycles. The van der Waals surface area contributed by atoms with Crippen LogP contribution in [0, 0.1) is 12.9 Å². The largest absolute Gasteiger partial charge is 0.394 e. The predicted molar refractivity (Wildman–Crippen MR) is 63.3 cm³/mol. The Balaban J connectivity index is 2.41. The first-order valence-electron chi connectivity index (χ1n) is 5.86. The Labute approximate surface area is 108 Å². The van der Waals surface area contributed by atoms with Crippen molar-refractivity contribution in [2.75, 3.05) is 13.7 Å². The van der Waals surface area contributed by atoms with Gasteiger partial charge in [-0.05, 0) is 13.0 Å². The van der Waals surface area contributed by atoms with E-state index in [9.17, 15) is 14.3 Å². The van der Waals surface area contributed by atoms with Gasteiger partial charge in [-0.15, -0.1) is 0 Å². The lowest BCUT2D eigenvalue weighted by molar-refractivity contribution is -0.0248. The van der Waals surface area contributed by atoms with Crippen LogP contribution in [0.4, 0.5) is 4.39 Å². The van der Waals surface area contributed by atoms with Crippen molar-refractivity contribution in [3.63, 3.8) is 0 Å². The summed E-state index contributed by atoms with van der Waals surface area (Å²) in [6.07, 6.45) is -3.60. The van der Waals surface area contributed by atoms with Crippen molar-refractivity contribution in [3.8, 4) is 0 Å². The van der Waals surface area contributed by atoms with Gasteiger partial charge in [-0.1, -0.05) is 0 Å². The number of pyridine rings is 1. The summed E-state index contributed by atoms with van der Waals surface area (Å²) in [6.45, 7) is 1.14. The van der Waals surface area contributed by atoms with E-state index in [1.807, 2.05) is 0 Å². The van der Waals surface area contributed by atoms with Crippen LogP contribution in [0.25, 0.3) is 0 Å². The average molecular weight is 273 g/mol. The highest BCUT2D eigenvalue weighted by atomic mass is 19.1. The zero-order valence-electron chi connectivity index (χ0n) is 10.6. The molecule has 0 saturated carbocycles. The van der Waals surface area contributed by atoms with Crippen molar-refractivity contribution in [1.29, 1.82) is 0 Å². The zero-order valence-corrected chi connectivity index (χ0v) is 10.6. The lowest BCUT2D eigenvalue weighted by atomic mass is 10.0. The van der Waals surface area contributed by atoms with Crippen LogP contribution in [-0.4, -0.2) is 47.2 Å². The highest BCUT2D eigenvalue weighted by molar-refractivity contribution is 5.23. The number of aromatic nitrogens is 1. The molecular formula is C12H16FNO5. The first-order valence-corrected chi connectivity index (χ1v) is 5.86. The summed E-state index contributed by atoms with van der Waals surface area (Å²) in [4.78, 5) is 13.4. The van der Waals surface area contributed by atoms with E-state index < -0.39 is 42.5 Å². The van der Waals surface area contributed by atoms with Gasteiger partial charge in [0.25, 0.3) is 5.56 Å². The predicted octanol–water partition coefficient (Wildman–Crippen LogP) is -0.369. The van der Waals surface area contributed by atoms with Crippen molar-refractivity contribution >= 4 is 0 Å². The second-order valence-electron chi connectivity index (χ2n) is 4.52. The number of methoxy groups -OCH3 is 1. The number of H-pyrrole nitrogens is 1. The van der Waals surface area contributed by atoms with Crippen LogP contribution in [0.15, 0.2) is 10.9 Å². The molecule has 0 bridgehead atoms. The second-order valence-corrected chi connectivity index (χ2v) is 4.52. The van der Waals surface area contributed by atoms with Gasteiger partial charge in [0.05, 0.1) is 6.61 Å². The zero-order chi connectivity index (χ0) is 14.2. The van der Waals surface area contributed by atoms with Gasteiger partial charge in [0.1, 0.15) is 24.4 Å². The van der Waals surface area contributed by atoms with Crippen LogP contribution < -0.4 is 5.56 Å². The van der Waals surface area contributed by atoms with Crippen molar-refractivity contribution in [2.24, 2.45) is 0 Å². The molecule has 0 radical (unpaired) electrons. The molecule has 19 heavy (non-hydrogen) atoms. The molecule has 1 unspecified atom stereocenters. The normalized spacial score (nSPS) is 30.8. The number of nitrogens with one attached hydrogen (secondary N) is 1. The molecule has 2 rings (SSSR count). The molecule has 0 amide bonds. The fourth-order valence-electron chi connectivity index (χ4n) is 2.24. The summed E-state index contributed by atoms with van der Waals surface area (Å²) in [7, 11) is 1.36. The summed E-state index contributed by atoms with van der Waals surface area (Å²) in [5, 5.41) is 19.0. The average Bonchev–Trinajstić information content (AvgIpc) is 2.70. The summed E-state index contributed by atoms with van der Waals surface area (Å²) < 4.78 is 24.3. The minimum atomic E-state index is -1.06. The molecule has 1 fully saturated rings.